The highest BCUT2D eigenvalue weighted by atomic mass is 16.5. The van der Waals surface area contributed by atoms with E-state index < -0.39 is 35.4 Å². The van der Waals surface area contributed by atoms with E-state index >= 15 is 0 Å². The number of likely N-dealkylation sites (N-methyl/N-ethyl adjacent to an activating group) is 1. The average molecular weight is 850 g/mol. The van der Waals surface area contributed by atoms with Gasteiger partial charge in [0, 0.05) is 68.9 Å². The van der Waals surface area contributed by atoms with Crippen LogP contribution in [0.2, 0.25) is 0 Å². The number of cyclic esters (lactones) is 1. The van der Waals surface area contributed by atoms with Crippen molar-refractivity contribution >= 4 is 34.7 Å². The molecule has 2 aromatic heterocycles. The number of aromatic nitrogens is 2. The topological polar surface area (TPSA) is 148 Å². The Morgan fingerprint density at radius 3 is 2.52 bits per heavy atom. The molecule has 2 fully saturated rings. The van der Waals surface area contributed by atoms with Gasteiger partial charge >= 0.3 is 12.0 Å². The standard InChI is InChI=1S/C48H63N7O7/c1-10-54-40-19-18-33-24-36(40)37(43(54)35-16-12-20-49-41(35)30(4)60-8)25-48(5,6)28-62-46(58)38-17-13-21-55(51-38)45(57)39(23-31-14-11-15-32(33)22-31)50-44(56)42(29(2)3)52(7)47(59)53-26-34(27-53)61-9/h11-12,14-16,18-20,22,24,29-30,34,38-39,42,51H,10,13,17,21,23,25-28H2,1-9H3,(H,50,56)/t30-,38-,39-,42?/m0/s1. The zero-order valence-electron chi connectivity index (χ0n) is 37.7. The summed E-state index contributed by atoms with van der Waals surface area (Å²) < 4.78 is 19.6. The second-order valence-corrected chi connectivity index (χ2v) is 18.2. The number of esters is 1. The van der Waals surface area contributed by atoms with Crippen LogP contribution in [0.25, 0.3) is 33.3 Å². The van der Waals surface area contributed by atoms with Crippen LogP contribution >= 0.6 is 0 Å². The molecule has 0 spiro atoms. The molecule has 2 saturated heterocycles. The van der Waals surface area contributed by atoms with Gasteiger partial charge in [-0.2, -0.15) is 0 Å². The number of nitrogens with one attached hydrogen (secondary N) is 2. The number of fused-ring (bicyclic) bond motifs is 6. The summed E-state index contributed by atoms with van der Waals surface area (Å²) in [6.07, 6.45) is 3.35. The summed E-state index contributed by atoms with van der Waals surface area (Å²) >= 11 is 0. The second-order valence-electron chi connectivity index (χ2n) is 18.2. The van der Waals surface area contributed by atoms with Crippen LogP contribution in [0.1, 0.15) is 77.3 Å². The van der Waals surface area contributed by atoms with Crippen molar-refractivity contribution < 1.29 is 33.4 Å². The zero-order valence-corrected chi connectivity index (χ0v) is 37.7. The summed E-state index contributed by atoms with van der Waals surface area (Å²) in [5.74, 6) is -1.50. The Bertz CT molecular complexity index is 2300. The predicted octanol–water partition coefficient (Wildman–Crippen LogP) is 6.15. The van der Waals surface area contributed by atoms with Crippen LogP contribution in [-0.2, 0) is 48.0 Å². The molecule has 14 heteroatoms. The number of hydrazine groups is 1. The molecule has 4 amide bonds. The smallest absolute Gasteiger partial charge is 0.324 e. The van der Waals surface area contributed by atoms with E-state index in [0.717, 1.165) is 50.1 Å². The molecule has 0 radical (unpaired) electrons. The first kappa shape index (κ1) is 44.7. The maximum absolute atomic E-state index is 14.6. The predicted molar refractivity (Wildman–Crippen MR) is 238 cm³/mol. The van der Waals surface area contributed by atoms with E-state index in [1.807, 2.05) is 39.0 Å². The van der Waals surface area contributed by atoms with Gasteiger partial charge in [0.1, 0.15) is 18.1 Å². The molecular weight excluding hydrogens is 787 g/mol. The summed E-state index contributed by atoms with van der Waals surface area (Å²) in [5.41, 5.74) is 10.6. The minimum absolute atomic E-state index is 0.0344. The monoisotopic (exact) mass is 849 g/mol. The lowest BCUT2D eigenvalue weighted by atomic mass is 9.84. The van der Waals surface area contributed by atoms with Gasteiger partial charge in [-0.05, 0) is 85.5 Å². The number of carbonyl (C=O) groups is 4. The number of amides is 4. The van der Waals surface area contributed by atoms with Crippen molar-refractivity contribution in [2.75, 3.05) is 47.5 Å². The van der Waals surface area contributed by atoms with E-state index in [2.05, 4.69) is 72.5 Å². The lowest BCUT2D eigenvalue weighted by Gasteiger charge is -2.42. The van der Waals surface area contributed by atoms with Crippen LogP contribution in [0, 0.1) is 11.3 Å². The molecule has 6 bridgehead atoms. The molecule has 3 aliphatic rings. The number of nitrogens with zero attached hydrogens (tertiary/aromatic N) is 5. The quantitative estimate of drug-likeness (QED) is 0.189. The maximum Gasteiger partial charge on any atom is 0.324 e. The zero-order chi connectivity index (χ0) is 44.5. The van der Waals surface area contributed by atoms with Crippen molar-refractivity contribution in [3.63, 3.8) is 0 Å². The molecule has 2 aromatic carbocycles. The van der Waals surface area contributed by atoms with Crippen molar-refractivity contribution in [2.45, 2.75) is 104 Å². The fraction of sp³-hybridized carbons (Fsp3) is 0.521. The number of hydrogen-bond acceptors (Lipinski definition) is 9. The first-order valence-electron chi connectivity index (χ1n) is 22.0. The van der Waals surface area contributed by atoms with Crippen molar-refractivity contribution in [1.82, 2.24) is 35.1 Å². The molecule has 1 unspecified atom stereocenters. The number of hydrogen-bond donors (Lipinski definition) is 2. The Hall–Kier alpha value is -5.31. The summed E-state index contributed by atoms with van der Waals surface area (Å²) in [6, 6.07) is 15.8. The van der Waals surface area contributed by atoms with Crippen LogP contribution in [0.3, 0.4) is 0 Å². The highest BCUT2D eigenvalue weighted by molar-refractivity contribution is 5.96. The fourth-order valence-corrected chi connectivity index (χ4v) is 9.25. The Morgan fingerprint density at radius 2 is 1.81 bits per heavy atom. The minimum atomic E-state index is -1.01. The van der Waals surface area contributed by atoms with Gasteiger partial charge in [-0.1, -0.05) is 58.0 Å². The molecule has 7 rings (SSSR count). The van der Waals surface area contributed by atoms with E-state index in [9.17, 15) is 19.2 Å². The number of likely N-dealkylation sites (tertiary alicyclic amines) is 1. The molecule has 4 aromatic rings. The van der Waals surface area contributed by atoms with Gasteiger partial charge in [0.05, 0.1) is 43.3 Å². The van der Waals surface area contributed by atoms with Crippen molar-refractivity contribution in [1.29, 1.82) is 0 Å². The summed E-state index contributed by atoms with van der Waals surface area (Å²) in [7, 11) is 4.94. The SMILES string of the molecule is CCn1c(-c2cccnc2[C@H](C)OC)c2c3cc(ccc31)-c1cccc(c1)C[C@H](NC(=O)C(C(C)C)N(C)C(=O)N1CC(OC)C1)C(=O)N1CCC[C@H](N1)C(=O)OCC(C)(C)C2. The van der Waals surface area contributed by atoms with Crippen molar-refractivity contribution in [3.05, 3.63) is 77.6 Å². The Balaban J connectivity index is 1.31. The van der Waals surface area contributed by atoms with Crippen LogP contribution in [-0.4, -0.2) is 120 Å². The van der Waals surface area contributed by atoms with E-state index in [1.54, 1.807) is 32.4 Å². The van der Waals surface area contributed by atoms with E-state index in [0.29, 0.717) is 45.4 Å². The minimum Gasteiger partial charge on any atom is -0.464 e. The van der Waals surface area contributed by atoms with Gasteiger partial charge in [-0.15, -0.1) is 0 Å². The molecule has 4 atom stereocenters. The average Bonchev–Trinajstić information content (AvgIpc) is 3.55. The van der Waals surface area contributed by atoms with Crippen LogP contribution in [0.4, 0.5) is 4.79 Å². The van der Waals surface area contributed by atoms with E-state index in [4.69, 9.17) is 19.2 Å². The molecule has 0 saturated carbocycles. The number of rotatable bonds is 9. The third kappa shape index (κ3) is 9.09. The lowest BCUT2D eigenvalue weighted by Crippen LogP contribution is -2.64. The molecule has 62 heavy (non-hydrogen) atoms. The molecule has 332 valence electrons. The molecular formula is C48H63N7O7. The number of pyridine rings is 1. The van der Waals surface area contributed by atoms with E-state index in [1.165, 1.54) is 9.91 Å². The lowest BCUT2D eigenvalue weighted by molar-refractivity contribution is -0.155. The van der Waals surface area contributed by atoms with E-state index in [-0.39, 0.29) is 43.1 Å². The third-order valence-electron chi connectivity index (χ3n) is 12.7. The Morgan fingerprint density at radius 1 is 1.05 bits per heavy atom. The van der Waals surface area contributed by atoms with Gasteiger partial charge < -0.3 is 33.9 Å². The first-order valence-corrected chi connectivity index (χ1v) is 22.0. The number of benzene rings is 2. The van der Waals surface area contributed by atoms with Gasteiger partial charge in [-0.3, -0.25) is 24.4 Å². The summed E-state index contributed by atoms with van der Waals surface area (Å²) in [5, 5.41) is 5.60. The molecule has 14 nitrogen and oxygen atoms in total. The van der Waals surface area contributed by atoms with Gasteiger partial charge in [-0.25, -0.2) is 10.2 Å². The molecule has 0 aliphatic carbocycles. The Labute approximate surface area is 365 Å². The van der Waals surface area contributed by atoms with Crippen LogP contribution in [0.5, 0.6) is 0 Å². The summed E-state index contributed by atoms with van der Waals surface area (Å²) in [4.78, 5) is 64.2. The Kier molecular flexibility index (Phi) is 13.4. The van der Waals surface area contributed by atoms with Crippen molar-refractivity contribution in [2.24, 2.45) is 11.3 Å². The number of aryl methyl sites for hydroxylation is 1. The number of urea groups is 1. The van der Waals surface area contributed by atoms with Gasteiger partial charge in [0.15, 0.2) is 0 Å². The highest BCUT2D eigenvalue weighted by Crippen LogP contribution is 2.42. The van der Waals surface area contributed by atoms with Gasteiger partial charge in [0.2, 0.25) is 5.91 Å². The molecule has 2 N–H and O–H groups in total. The van der Waals surface area contributed by atoms with Crippen molar-refractivity contribution in [3.8, 4) is 22.4 Å². The highest BCUT2D eigenvalue weighted by Gasteiger charge is 2.40. The normalized spacial score (nSPS) is 20.6. The first-order chi connectivity index (χ1) is 29.6. The van der Waals surface area contributed by atoms with Crippen LogP contribution < -0.4 is 10.7 Å². The molecule has 5 heterocycles. The molecule has 3 aliphatic heterocycles. The van der Waals surface area contributed by atoms with Crippen LogP contribution in [0.15, 0.2) is 60.8 Å². The summed E-state index contributed by atoms with van der Waals surface area (Å²) in [6.45, 7) is 14.3. The maximum atomic E-state index is 14.6. The number of ether oxygens (including phenoxy) is 3. The fourth-order valence-electron chi connectivity index (χ4n) is 9.25. The number of methoxy groups -OCH3 is 2. The third-order valence-corrected chi connectivity index (χ3v) is 12.7. The number of carbonyl (C=O) groups excluding carboxylic acids is 4. The van der Waals surface area contributed by atoms with Gasteiger partial charge in [0.25, 0.3) is 5.91 Å². The largest absolute Gasteiger partial charge is 0.464 e. The second kappa shape index (κ2) is 18.6.